The summed E-state index contributed by atoms with van der Waals surface area (Å²) in [7, 11) is 0. The Labute approximate surface area is 182 Å². The van der Waals surface area contributed by atoms with Gasteiger partial charge in [0.1, 0.15) is 5.69 Å². The van der Waals surface area contributed by atoms with E-state index in [-0.39, 0.29) is 5.91 Å². The molecule has 1 saturated heterocycles. The lowest BCUT2D eigenvalue weighted by molar-refractivity contribution is -0.384. The average Bonchev–Trinajstić information content (AvgIpc) is 2.70. The van der Waals surface area contributed by atoms with Gasteiger partial charge in [-0.1, -0.05) is 20.8 Å². The van der Waals surface area contributed by atoms with Crippen molar-refractivity contribution in [2.45, 2.75) is 39.8 Å². The standard InChI is InChI=1S/C20H24F3N3O6/c1-19(2,3)18(29)25-8-6-12(7-9-25)17(28)32-11-16(27)24-14-5-4-13(20(21,22)23)10-15(14)26(30)31/h4-5,10,12H,6-9,11H2,1-3H3,(H,24,27). The van der Waals surface area contributed by atoms with E-state index in [4.69, 9.17) is 4.74 Å². The maximum absolute atomic E-state index is 12.7. The third-order valence-electron chi connectivity index (χ3n) is 4.90. The second kappa shape index (κ2) is 9.53. The summed E-state index contributed by atoms with van der Waals surface area (Å²) in [4.78, 5) is 48.2. The number of piperidine rings is 1. The van der Waals surface area contributed by atoms with Gasteiger partial charge in [-0.3, -0.25) is 24.5 Å². The molecule has 1 aromatic carbocycles. The first-order chi connectivity index (χ1) is 14.7. The number of alkyl halides is 3. The molecule has 0 radical (unpaired) electrons. The van der Waals surface area contributed by atoms with Crippen LogP contribution in [0.15, 0.2) is 18.2 Å². The first kappa shape index (κ1) is 25.1. The van der Waals surface area contributed by atoms with Crippen molar-refractivity contribution >= 4 is 29.2 Å². The zero-order chi connectivity index (χ0) is 24.3. The topological polar surface area (TPSA) is 119 Å². The number of halogens is 3. The summed E-state index contributed by atoms with van der Waals surface area (Å²) in [5, 5.41) is 13.2. The Hall–Kier alpha value is -3.18. The highest BCUT2D eigenvalue weighted by Gasteiger charge is 2.34. The van der Waals surface area contributed by atoms with Crippen LogP contribution >= 0.6 is 0 Å². The number of carbonyl (C=O) groups is 3. The number of nitro benzene ring substituents is 1. The Balaban J connectivity index is 1.90. The number of ether oxygens (including phenoxy) is 1. The van der Waals surface area contributed by atoms with E-state index < -0.39 is 57.9 Å². The molecule has 0 atom stereocenters. The zero-order valence-corrected chi connectivity index (χ0v) is 17.8. The first-order valence-electron chi connectivity index (χ1n) is 9.81. The van der Waals surface area contributed by atoms with Crippen LogP contribution in [0.3, 0.4) is 0 Å². The molecule has 1 aliphatic heterocycles. The zero-order valence-electron chi connectivity index (χ0n) is 17.8. The summed E-state index contributed by atoms with van der Waals surface area (Å²) in [5.41, 5.74) is -3.15. The van der Waals surface area contributed by atoms with E-state index in [2.05, 4.69) is 5.32 Å². The summed E-state index contributed by atoms with van der Waals surface area (Å²) < 4.78 is 43.2. The average molecular weight is 459 g/mol. The molecule has 0 unspecified atom stereocenters. The Bertz CT molecular complexity index is 903. The molecular weight excluding hydrogens is 435 g/mol. The molecule has 1 N–H and O–H groups in total. The Morgan fingerprint density at radius 2 is 1.78 bits per heavy atom. The molecule has 1 aromatic rings. The largest absolute Gasteiger partial charge is 0.455 e. The van der Waals surface area contributed by atoms with Crippen molar-refractivity contribution in [3.8, 4) is 0 Å². The molecule has 2 amide bonds. The van der Waals surface area contributed by atoms with Crippen LogP contribution in [-0.4, -0.2) is 47.3 Å². The molecule has 176 valence electrons. The number of carbonyl (C=O) groups excluding carboxylic acids is 3. The van der Waals surface area contributed by atoms with E-state index >= 15 is 0 Å². The number of benzene rings is 1. The number of hydrogen-bond donors (Lipinski definition) is 1. The minimum Gasteiger partial charge on any atom is -0.455 e. The summed E-state index contributed by atoms with van der Waals surface area (Å²) in [5.74, 6) is -2.11. The number of hydrogen-bond acceptors (Lipinski definition) is 6. The van der Waals surface area contributed by atoms with Gasteiger partial charge < -0.3 is 15.0 Å². The predicted molar refractivity (Wildman–Crippen MR) is 106 cm³/mol. The second-order valence-corrected chi connectivity index (χ2v) is 8.46. The number of nitrogens with zero attached hydrogens (tertiary/aromatic N) is 2. The first-order valence-corrected chi connectivity index (χ1v) is 9.81. The highest BCUT2D eigenvalue weighted by Crippen LogP contribution is 2.35. The molecule has 1 aliphatic rings. The van der Waals surface area contributed by atoms with Gasteiger partial charge in [0.25, 0.3) is 11.6 Å². The van der Waals surface area contributed by atoms with Gasteiger partial charge >= 0.3 is 12.1 Å². The van der Waals surface area contributed by atoms with Gasteiger partial charge in [-0.2, -0.15) is 13.2 Å². The third-order valence-corrected chi connectivity index (χ3v) is 4.90. The molecule has 0 saturated carbocycles. The molecule has 32 heavy (non-hydrogen) atoms. The van der Waals surface area contributed by atoms with Crippen molar-refractivity contribution in [2.75, 3.05) is 25.0 Å². The minimum atomic E-state index is -4.78. The fraction of sp³-hybridized carbons (Fsp3) is 0.550. The molecule has 12 heteroatoms. The minimum absolute atomic E-state index is 0.0261. The summed E-state index contributed by atoms with van der Waals surface area (Å²) in [6.45, 7) is 5.40. The van der Waals surface area contributed by atoms with E-state index in [1.54, 1.807) is 25.7 Å². The van der Waals surface area contributed by atoms with Gasteiger partial charge in [-0.15, -0.1) is 0 Å². The molecule has 1 fully saturated rings. The number of nitrogens with one attached hydrogen (secondary N) is 1. The monoisotopic (exact) mass is 459 g/mol. The molecule has 1 heterocycles. The molecular formula is C20H24F3N3O6. The lowest BCUT2D eigenvalue weighted by Crippen LogP contribution is -2.45. The van der Waals surface area contributed by atoms with Crippen LogP contribution in [0.4, 0.5) is 24.5 Å². The fourth-order valence-corrected chi connectivity index (χ4v) is 3.20. The van der Waals surface area contributed by atoms with Crippen molar-refractivity contribution < 1.29 is 37.2 Å². The van der Waals surface area contributed by atoms with Gasteiger partial charge in [0.2, 0.25) is 5.91 Å². The number of anilines is 1. The summed E-state index contributed by atoms with van der Waals surface area (Å²) in [6.07, 6.45) is -4.05. The predicted octanol–water partition coefficient (Wildman–Crippen LogP) is 3.38. The van der Waals surface area contributed by atoms with Crippen LogP contribution in [0.2, 0.25) is 0 Å². The van der Waals surface area contributed by atoms with Crippen LogP contribution in [0.25, 0.3) is 0 Å². The SMILES string of the molecule is CC(C)(C)C(=O)N1CCC(C(=O)OCC(=O)Nc2ccc(C(F)(F)F)cc2[N+](=O)[O-])CC1. The van der Waals surface area contributed by atoms with E-state index in [0.29, 0.717) is 38.1 Å². The van der Waals surface area contributed by atoms with Crippen molar-refractivity contribution in [3.05, 3.63) is 33.9 Å². The highest BCUT2D eigenvalue weighted by atomic mass is 19.4. The van der Waals surface area contributed by atoms with E-state index in [1.165, 1.54) is 0 Å². The quantitative estimate of drug-likeness (QED) is 0.410. The molecule has 0 bridgehead atoms. The number of nitro groups is 1. The highest BCUT2D eigenvalue weighted by molar-refractivity contribution is 5.95. The third kappa shape index (κ3) is 6.41. The molecule has 0 aliphatic carbocycles. The van der Waals surface area contributed by atoms with E-state index in [1.807, 2.05) is 0 Å². The van der Waals surface area contributed by atoms with Gasteiger partial charge in [0.15, 0.2) is 6.61 Å². The summed E-state index contributed by atoms with van der Waals surface area (Å²) >= 11 is 0. The Morgan fingerprint density at radius 3 is 2.28 bits per heavy atom. The fourth-order valence-electron chi connectivity index (χ4n) is 3.20. The maximum Gasteiger partial charge on any atom is 0.416 e. The second-order valence-electron chi connectivity index (χ2n) is 8.46. The molecule has 0 aromatic heterocycles. The van der Waals surface area contributed by atoms with E-state index in [0.717, 1.165) is 6.07 Å². The molecule has 0 spiro atoms. The number of amides is 2. The van der Waals surface area contributed by atoms with Gasteiger partial charge in [-0.25, -0.2) is 0 Å². The van der Waals surface area contributed by atoms with E-state index in [9.17, 15) is 37.7 Å². The number of likely N-dealkylation sites (tertiary alicyclic amines) is 1. The van der Waals surface area contributed by atoms with Crippen LogP contribution < -0.4 is 5.32 Å². The van der Waals surface area contributed by atoms with Gasteiger partial charge in [-0.05, 0) is 25.0 Å². The molecule has 9 nitrogen and oxygen atoms in total. The van der Waals surface area contributed by atoms with Crippen molar-refractivity contribution in [1.82, 2.24) is 4.90 Å². The Kier molecular flexibility index (Phi) is 7.47. The van der Waals surface area contributed by atoms with Gasteiger partial charge in [0.05, 0.1) is 16.4 Å². The normalized spacial score (nSPS) is 15.2. The smallest absolute Gasteiger partial charge is 0.416 e. The number of esters is 1. The molecule has 2 rings (SSSR count). The van der Waals surface area contributed by atoms with Gasteiger partial charge in [0, 0.05) is 24.6 Å². The summed E-state index contributed by atoms with van der Waals surface area (Å²) in [6, 6.07) is 1.68. The van der Waals surface area contributed by atoms with Crippen LogP contribution in [-0.2, 0) is 25.3 Å². The lowest BCUT2D eigenvalue weighted by Gasteiger charge is -2.34. The Morgan fingerprint density at radius 1 is 1.19 bits per heavy atom. The van der Waals surface area contributed by atoms with Crippen molar-refractivity contribution in [1.29, 1.82) is 0 Å². The van der Waals surface area contributed by atoms with Crippen LogP contribution in [0, 0.1) is 21.4 Å². The van der Waals surface area contributed by atoms with Crippen molar-refractivity contribution in [2.24, 2.45) is 11.3 Å². The number of rotatable bonds is 5. The van der Waals surface area contributed by atoms with Crippen LogP contribution in [0.1, 0.15) is 39.2 Å². The lowest BCUT2D eigenvalue weighted by atomic mass is 9.91. The van der Waals surface area contributed by atoms with Crippen molar-refractivity contribution in [3.63, 3.8) is 0 Å². The van der Waals surface area contributed by atoms with Crippen LogP contribution in [0.5, 0.6) is 0 Å². The maximum atomic E-state index is 12.7.